The fourth-order valence-electron chi connectivity index (χ4n) is 3.22. The first kappa shape index (κ1) is 22.4. The van der Waals surface area contributed by atoms with Gasteiger partial charge in [-0.1, -0.05) is 41.6 Å². The van der Waals surface area contributed by atoms with Crippen molar-refractivity contribution in [2.45, 2.75) is 12.1 Å². The van der Waals surface area contributed by atoms with Crippen LogP contribution >= 0.6 is 11.8 Å². The summed E-state index contributed by atoms with van der Waals surface area (Å²) in [4.78, 5) is 12.5. The normalized spacial score (nSPS) is 10.6. The number of amides is 1. The van der Waals surface area contributed by atoms with Crippen LogP contribution in [0.3, 0.4) is 0 Å². The smallest absolute Gasteiger partial charge is 0.234 e. The van der Waals surface area contributed by atoms with Crippen LogP contribution < -0.4 is 14.8 Å². The zero-order valence-corrected chi connectivity index (χ0v) is 19.4. The molecule has 4 rings (SSSR count). The standard InChI is InChI=1S/C25H24N4O3S/c1-17-4-6-18(7-5-17)24-27-28-25(29(24)20-10-14-22(32-3)15-11-20)33-16-23(30)26-19-8-12-21(31-2)13-9-19/h4-15H,16H2,1-3H3,(H,26,30). The Bertz CT molecular complexity index is 1220. The molecule has 0 radical (unpaired) electrons. The van der Waals surface area contributed by atoms with E-state index < -0.39 is 0 Å². The number of methoxy groups -OCH3 is 2. The van der Waals surface area contributed by atoms with Gasteiger partial charge >= 0.3 is 0 Å². The quantitative estimate of drug-likeness (QED) is 0.373. The van der Waals surface area contributed by atoms with E-state index in [0.29, 0.717) is 16.7 Å². The first-order valence-electron chi connectivity index (χ1n) is 10.3. The van der Waals surface area contributed by atoms with E-state index in [9.17, 15) is 4.79 Å². The molecule has 0 aliphatic heterocycles. The van der Waals surface area contributed by atoms with Crippen molar-refractivity contribution in [2.24, 2.45) is 0 Å². The average molecular weight is 461 g/mol. The molecule has 33 heavy (non-hydrogen) atoms. The maximum atomic E-state index is 12.5. The van der Waals surface area contributed by atoms with E-state index in [0.717, 1.165) is 22.7 Å². The zero-order valence-electron chi connectivity index (χ0n) is 18.6. The molecule has 3 aromatic carbocycles. The lowest BCUT2D eigenvalue weighted by Crippen LogP contribution is -2.14. The molecule has 8 heteroatoms. The summed E-state index contributed by atoms with van der Waals surface area (Å²) in [5.74, 6) is 2.26. The van der Waals surface area contributed by atoms with Crippen LogP contribution in [0, 0.1) is 6.92 Å². The van der Waals surface area contributed by atoms with Gasteiger partial charge in [0, 0.05) is 16.9 Å². The Balaban J connectivity index is 1.57. The van der Waals surface area contributed by atoms with Crippen molar-refractivity contribution in [3.05, 3.63) is 78.4 Å². The van der Waals surface area contributed by atoms with Crippen LogP contribution in [0.1, 0.15) is 5.56 Å². The first-order valence-corrected chi connectivity index (χ1v) is 11.3. The highest BCUT2D eigenvalue weighted by atomic mass is 32.2. The third kappa shape index (κ3) is 5.35. The predicted octanol–water partition coefficient (Wildman–Crippen LogP) is 4.99. The molecule has 0 atom stereocenters. The molecule has 0 unspecified atom stereocenters. The third-order valence-corrected chi connectivity index (χ3v) is 5.91. The second kappa shape index (κ2) is 10.2. The lowest BCUT2D eigenvalue weighted by molar-refractivity contribution is -0.113. The van der Waals surface area contributed by atoms with Gasteiger partial charge in [0.25, 0.3) is 0 Å². The van der Waals surface area contributed by atoms with Crippen molar-refractivity contribution in [2.75, 3.05) is 25.3 Å². The number of carbonyl (C=O) groups excluding carboxylic acids is 1. The van der Waals surface area contributed by atoms with Gasteiger partial charge in [0.05, 0.1) is 20.0 Å². The van der Waals surface area contributed by atoms with Gasteiger partial charge in [0.2, 0.25) is 5.91 Å². The van der Waals surface area contributed by atoms with Gasteiger partial charge < -0.3 is 14.8 Å². The number of thioether (sulfide) groups is 1. The Morgan fingerprint density at radius 2 is 1.48 bits per heavy atom. The highest BCUT2D eigenvalue weighted by molar-refractivity contribution is 7.99. The SMILES string of the molecule is COc1ccc(NC(=O)CSc2nnc(-c3ccc(C)cc3)n2-c2ccc(OC)cc2)cc1. The molecule has 4 aromatic rings. The summed E-state index contributed by atoms with van der Waals surface area (Å²) in [5, 5.41) is 12.3. The molecule has 0 saturated heterocycles. The van der Waals surface area contributed by atoms with E-state index in [4.69, 9.17) is 9.47 Å². The summed E-state index contributed by atoms with van der Waals surface area (Å²) in [6, 6.07) is 23.0. The number of nitrogens with zero attached hydrogens (tertiary/aromatic N) is 3. The van der Waals surface area contributed by atoms with Crippen LogP contribution in [0.15, 0.2) is 78.0 Å². The number of anilines is 1. The molecule has 7 nitrogen and oxygen atoms in total. The second-order valence-corrected chi connectivity index (χ2v) is 8.21. The van der Waals surface area contributed by atoms with Crippen LogP contribution in [0.2, 0.25) is 0 Å². The monoisotopic (exact) mass is 460 g/mol. The maximum Gasteiger partial charge on any atom is 0.234 e. The van der Waals surface area contributed by atoms with Crippen molar-refractivity contribution < 1.29 is 14.3 Å². The summed E-state index contributed by atoms with van der Waals surface area (Å²) in [7, 11) is 3.24. The lowest BCUT2D eigenvalue weighted by Gasteiger charge is -2.11. The van der Waals surface area contributed by atoms with Gasteiger partial charge in [-0.25, -0.2) is 0 Å². The molecular formula is C25H24N4O3S. The summed E-state index contributed by atoms with van der Waals surface area (Å²) in [6.45, 7) is 2.04. The number of hydrogen-bond donors (Lipinski definition) is 1. The summed E-state index contributed by atoms with van der Waals surface area (Å²) >= 11 is 1.33. The Kier molecular flexibility index (Phi) is 6.95. The van der Waals surface area contributed by atoms with Gasteiger partial charge in [0.1, 0.15) is 11.5 Å². The minimum absolute atomic E-state index is 0.133. The van der Waals surface area contributed by atoms with Crippen LogP contribution in [0.5, 0.6) is 11.5 Å². The van der Waals surface area contributed by atoms with E-state index in [1.165, 1.54) is 17.3 Å². The van der Waals surface area contributed by atoms with E-state index in [1.807, 2.05) is 60.0 Å². The molecule has 0 fully saturated rings. The number of benzene rings is 3. The number of nitrogens with one attached hydrogen (secondary N) is 1. The molecular weight excluding hydrogens is 436 g/mol. The minimum Gasteiger partial charge on any atom is -0.497 e. The van der Waals surface area contributed by atoms with Gasteiger partial charge in [-0.05, 0) is 55.5 Å². The summed E-state index contributed by atoms with van der Waals surface area (Å²) in [5.41, 5.74) is 3.70. The maximum absolute atomic E-state index is 12.5. The van der Waals surface area contributed by atoms with E-state index in [-0.39, 0.29) is 11.7 Å². The van der Waals surface area contributed by atoms with E-state index >= 15 is 0 Å². The van der Waals surface area contributed by atoms with E-state index in [1.54, 1.807) is 38.5 Å². The molecule has 0 aliphatic carbocycles. The lowest BCUT2D eigenvalue weighted by atomic mass is 10.1. The van der Waals surface area contributed by atoms with Crippen molar-refractivity contribution in [1.29, 1.82) is 0 Å². The van der Waals surface area contributed by atoms with Crippen molar-refractivity contribution in [3.8, 4) is 28.6 Å². The Morgan fingerprint density at radius 1 is 0.879 bits per heavy atom. The topological polar surface area (TPSA) is 78.3 Å². The Labute approximate surface area is 196 Å². The summed E-state index contributed by atoms with van der Waals surface area (Å²) < 4.78 is 12.4. The first-order chi connectivity index (χ1) is 16.1. The summed E-state index contributed by atoms with van der Waals surface area (Å²) in [6.07, 6.45) is 0. The van der Waals surface area contributed by atoms with Crippen molar-refractivity contribution in [3.63, 3.8) is 0 Å². The van der Waals surface area contributed by atoms with Gasteiger partial charge in [-0.15, -0.1) is 10.2 Å². The van der Waals surface area contributed by atoms with Gasteiger partial charge in [-0.2, -0.15) is 0 Å². The highest BCUT2D eigenvalue weighted by Crippen LogP contribution is 2.29. The minimum atomic E-state index is -0.133. The number of hydrogen-bond acceptors (Lipinski definition) is 6. The number of carbonyl (C=O) groups is 1. The highest BCUT2D eigenvalue weighted by Gasteiger charge is 2.17. The second-order valence-electron chi connectivity index (χ2n) is 7.27. The Morgan fingerprint density at radius 3 is 2.09 bits per heavy atom. The fraction of sp³-hybridized carbons (Fsp3) is 0.160. The molecule has 0 bridgehead atoms. The van der Waals surface area contributed by atoms with Gasteiger partial charge in [-0.3, -0.25) is 9.36 Å². The van der Waals surface area contributed by atoms with Crippen LogP contribution in [0.4, 0.5) is 5.69 Å². The molecule has 1 heterocycles. The number of ether oxygens (including phenoxy) is 2. The van der Waals surface area contributed by atoms with Crippen LogP contribution in [-0.4, -0.2) is 40.6 Å². The average Bonchev–Trinajstić information content (AvgIpc) is 3.27. The van der Waals surface area contributed by atoms with E-state index in [2.05, 4.69) is 15.5 Å². The third-order valence-electron chi connectivity index (χ3n) is 4.98. The number of aryl methyl sites for hydroxylation is 1. The molecule has 168 valence electrons. The number of aromatic nitrogens is 3. The van der Waals surface area contributed by atoms with Crippen molar-refractivity contribution >= 4 is 23.4 Å². The zero-order chi connectivity index (χ0) is 23.2. The predicted molar refractivity (Wildman–Crippen MR) is 130 cm³/mol. The fourth-order valence-corrected chi connectivity index (χ4v) is 3.97. The molecule has 1 N–H and O–H groups in total. The largest absolute Gasteiger partial charge is 0.497 e. The number of rotatable bonds is 8. The molecule has 0 saturated carbocycles. The molecule has 0 spiro atoms. The Hall–Kier alpha value is -3.78. The molecule has 0 aliphatic rings. The van der Waals surface area contributed by atoms with Crippen LogP contribution in [-0.2, 0) is 4.79 Å². The molecule has 1 amide bonds. The molecule has 1 aromatic heterocycles. The van der Waals surface area contributed by atoms with Crippen LogP contribution in [0.25, 0.3) is 17.1 Å². The van der Waals surface area contributed by atoms with Crippen molar-refractivity contribution in [1.82, 2.24) is 14.8 Å². The van der Waals surface area contributed by atoms with Gasteiger partial charge in [0.15, 0.2) is 11.0 Å².